The van der Waals surface area contributed by atoms with Gasteiger partial charge in [0, 0.05) is 24.6 Å². The van der Waals surface area contributed by atoms with E-state index in [4.69, 9.17) is 0 Å². The Morgan fingerprint density at radius 3 is 2.10 bits per heavy atom. The topological polar surface area (TPSA) is 0 Å². The van der Waals surface area contributed by atoms with E-state index in [0.29, 0.717) is 0 Å². The number of benzene rings is 3. The number of hydrogen-bond acceptors (Lipinski definition) is 1. The van der Waals surface area contributed by atoms with E-state index in [1.165, 1.54) is 36.9 Å². The lowest BCUT2D eigenvalue weighted by atomic mass is 10.0. The summed E-state index contributed by atoms with van der Waals surface area (Å²) in [7, 11) is 0. The maximum Gasteiger partial charge on any atom is 0.0366 e. The highest BCUT2D eigenvalue weighted by molar-refractivity contribution is 9.10. The number of hydrogen-bond donors (Lipinski definition) is 0. The summed E-state index contributed by atoms with van der Waals surface area (Å²) >= 11 is 5.41. The fourth-order valence-corrected chi connectivity index (χ4v) is 4.37. The van der Waals surface area contributed by atoms with Gasteiger partial charge < -0.3 is 0 Å². The largest absolute Gasteiger partial charge is 0.135 e. The Bertz CT molecular complexity index is 949. The van der Waals surface area contributed by atoms with Gasteiger partial charge in [0.25, 0.3) is 0 Å². The molecule has 0 radical (unpaired) electrons. The van der Waals surface area contributed by atoms with Gasteiger partial charge in [-0.3, -0.25) is 0 Å². The van der Waals surface area contributed by atoms with Crippen molar-refractivity contribution < 1.29 is 0 Å². The van der Waals surface area contributed by atoms with Gasteiger partial charge in [-0.1, -0.05) is 64.0 Å². The summed E-state index contributed by atoms with van der Waals surface area (Å²) in [6, 6.07) is 22.0. The second-order valence-corrected chi connectivity index (χ2v) is 7.32. The maximum atomic E-state index is 3.55. The molecular weight excluding hydrogens is 340 g/mol. The molecule has 0 aliphatic carbocycles. The number of aryl methyl sites for hydroxylation is 1. The van der Waals surface area contributed by atoms with Crippen molar-refractivity contribution in [1.82, 2.24) is 0 Å². The second kappa shape index (κ2) is 4.97. The summed E-state index contributed by atoms with van der Waals surface area (Å²) in [4.78, 5) is 0. The van der Waals surface area contributed by atoms with Crippen LogP contribution in [0.25, 0.3) is 31.3 Å². The van der Waals surface area contributed by atoms with E-state index in [1.54, 1.807) is 0 Å². The highest BCUT2D eigenvalue weighted by atomic mass is 79.9. The first-order chi connectivity index (χ1) is 10.2. The maximum absolute atomic E-state index is 3.55. The van der Waals surface area contributed by atoms with Gasteiger partial charge in [-0.25, -0.2) is 0 Å². The van der Waals surface area contributed by atoms with Crippen molar-refractivity contribution in [2.75, 3.05) is 0 Å². The van der Waals surface area contributed by atoms with Crippen LogP contribution in [0, 0.1) is 6.92 Å². The van der Waals surface area contributed by atoms with E-state index >= 15 is 0 Å². The molecule has 0 aliphatic heterocycles. The van der Waals surface area contributed by atoms with Gasteiger partial charge in [-0.15, -0.1) is 11.3 Å². The predicted molar refractivity (Wildman–Crippen MR) is 97.2 cm³/mol. The van der Waals surface area contributed by atoms with Crippen LogP contribution in [0.15, 0.2) is 65.1 Å². The molecule has 0 unspecified atom stereocenters. The van der Waals surface area contributed by atoms with Gasteiger partial charge in [0.1, 0.15) is 0 Å². The number of thiophene rings is 1. The molecule has 0 spiro atoms. The molecule has 0 amide bonds. The minimum Gasteiger partial charge on any atom is -0.135 e. The van der Waals surface area contributed by atoms with E-state index in [2.05, 4.69) is 83.5 Å². The zero-order chi connectivity index (χ0) is 14.4. The minimum absolute atomic E-state index is 1.14. The number of fused-ring (bicyclic) bond motifs is 3. The average molecular weight is 353 g/mol. The van der Waals surface area contributed by atoms with Crippen molar-refractivity contribution in [3.8, 4) is 11.1 Å². The molecule has 102 valence electrons. The van der Waals surface area contributed by atoms with Gasteiger partial charge in [-0.2, -0.15) is 0 Å². The first-order valence-electron chi connectivity index (χ1n) is 6.89. The summed E-state index contributed by atoms with van der Waals surface area (Å²) in [6.07, 6.45) is 0. The third kappa shape index (κ3) is 2.29. The Labute approximate surface area is 136 Å². The van der Waals surface area contributed by atoms with Crippen LogP contribution < -0.4 is 0 Å². The van der Waals surface area contributed by atoms with Crippen molar-refractivity contribution in [2.45, 2.75) is 6.92 Å². The van der Waals surface area contributed by atoms with E-state index in [0.717, 1.165) is 4.47 Å². The Kier molecular flexibility index (Phi) is 3.09. The lowest BCUT2D eigenvalue weighted by molar-refractivity contribution is 1.47. The molecule has 0 saturated carbocycles. The minimum atomic E-state index is 1.14. The van der Waals surface area contributed by atoms with Gasteiger partial charge >= 0.3 is 0 Å². The molecule has 21 heavy (non-hydrogen) atoms. The molecule has 0 aliphatic rings. The van der Waals surface area contributed by atoms with Crippen molar-refractivity contribution in [3.63, 3.8) is 0 Å². The van der Waals surface area contributed by atoms with Crippen LogP contribution in [0.4, 0.5) is 0 Å². The Balaban J connectivity index is 1.93. The smallest absolute Gasteiger partial charge is 0.0366 e. The Morgan fingerprint density at radius 2 is 1.33 bits per heavy atom. The van der Waals surface area contributed by atoms with Crippen LogP contribution in [0.1, 0.15) is 5.56 Å². The van der Waals surface area contributed by atoms with Crippen molar-refractivity contribution in [2.24, 2.45) is 0 Å². The zero-order valence-corrected chi connectivity index (χ0v) is 14.0. The molecule has 0 bridgehead atoms. The van der Waals surface area contributed by atoms with E-state index in [1.807, 2.05) is 11.3 Å². The summed E-state index contributed by atoms with van der Waals surface area (Å²) in [5, 5.41) is 2.69. The van der Waals surface area contributed by atoms with Gasteiger partial charge in [0.2, 0.25) is 0 Å². The van der Waals surface area contributed by atoms with Crippen molar-refractivity contribution >= 4 is 47.4 Å². The van der Waals surface area contributed by atoms with Crippen LogP contribution in [-0.2, 0) is 0 Å². The van der Waals surface area contributed by atoms with Crippen LogP contribution in [0.5, 0.6) is 0 Å². The molecule has 4 aromatic rings. The van der Waals surface area contributed by atoms with E-state index in [9.17, 15) is 0 Å². The highest BCUT2D eigenvalue weighted by Crippen LogP contribution is 2.37. The van der Waals surface area contributed by atoms with Crippen LogP contribution in [0.3, 0.4) is 0 Å². The van der Waals surface area contributed by atoms with Crippen LogP contribution in [0.2, 0.25) is 0 Å². The van der Waals surface area contributed by atoms with Gasteiger partial charge in [0.15, 0.2) is 0 Å². The standard InChI is InChI=1S/C19H13BrS/c1-12-2-4-13(5-3-12)14-6-8-16-17-9-7-15(20)11-19(17)21-18(16)10-14/h2-11H,1H3. The molecule has 0 N–H and O–H groups in total. The van der Waals surface area contributed by atoms with E-state index < -0.39 is 0 Å². The highest BCUT2D eigenvalue weighted by Gasteiger charge is 2.07. The van der Waals surface area contributed by atoms with Gasteiger partial charge in [-0.05, 0) is 36.2 Å². The first-order valence-corrected chi connectivity index (χ1v) is 8.50. The predicted octanol–water partition coefficient (Wildman–Crippen LogP) is 6.79. The average Bonchev–Trinajstić information content (AvgIpc) is 2.84. The molecule has 1 aromatic heterocycles. The zero-order valence-electron chi connectivity index (χ0n) is 11.6. The molecule has 1 heterocycles. The number of rotatable bonds is 1. The van der Waals surface area contributed by atoms with Gasteiger partial charge in [0.05, 0.1) is 0 Å². The molecule has 0 atom stereocenters. The lowest BCUT2D eigenvalue weighted by Gasteiger charge is -2.02. The van der Waals surface area contributed by atoms with Crippen molar-refractivity contribution in [3.05, 3.63) is 70.7 Å². The third-order valence-electron chi connectivity index (χ3n) is 3.82. The first kappa shape index (κ1) is 13.1. The number of halogens is 1. The quantitative estimate of drug-likeness (QED) is 0.353. The molecule has 2 heteroatoms. The molecule has 3 aromatic carbocycles. The Morgan fingerprint density at radius 1 is 0.714 bits per heavy atom. The lowest BCUT2D eigenvalue weighted by Crippen LogP contribution is -1.78. The summed E-state index contributed by atoms with van der Waals surface area (Å²) in [5.74, 6) is 0. The Hall–Kier alpha value is -1.64. The fourth-order valence-electron chi connectivity index (χ4n) is 2.68. The van der Waals surface area contributed by atoms with E-state index in [-0.39, 0.29) is 0 Å². The van der Waals surface area contributed by atoms with Crippen LogP contribution in [-0.4, -0.2) is 0 Å². The normalized spacial score (nSPS) is 11.3. The molecular formula is C19H13BrS. The summed E-state index contributed by atoms with van der Waals surface area (Å²) < 4.78 is 3.82. The molecule has 0 saturated heterocycles. The summed E-state index contributed by atoms with van der Waals surface area (Å²) in [5.41, 5.74) is 3.86. The third-order valence-corrected chi connectivity index (χ3v) is 5.43. The monoisotopic (exact) mass is 352 g/mol. The molecule has 4 rings (SSSR count). The van der Waals surface area contributed by atoms with Crippen molar-refractivity contribution in [1.29, 1.82) is 0 Å². The molecule has 0 fully saturated rings. The molecule has 0 nitrogen and oxygen atoms in total. The summed E-state index contributed by atoms with van der Waals surface area (Å²) in [6.45, 7) is 2.12. The fraction of sp³-hybridized carbons (Fsp3) is 0.0526. The second-order valence-electron chi connectivity index (χ2n) is 5.32. The SMILES string of the molecule is Cc1ccc(-c2ccc3c(c2)sc2cc(Br)ccc23)cc1. The van der Waals surface area contributed by atoms with Crippen LogP contribution >= 0.6 is 27.3 Å².